The van der Waals surface area contributed by atoms with E-state index in [1.54, 1.807) is 6.08 Å². The van der Waals surface area contributed by atoms with Crippen molar-refractivity contribution in [2.24, 2.45) is 40.4 Å². The van der Waals surface area contributed by atoms with Gasteiger partial charge in [0.25, 0.3) is 0 Å². The zero-order chi connectivity index (χ0) is 27.3. The second-order valence-corrected chi connectivity index (χ2v) is 13.7. The van der Waals surface area contributed by atoms with Crippen molar-refractivity contribution in [3.05, 3.63) is 11.6 Å². The number of ketones is 1. The van der Waals surface area contributed by atoms with Crippen LogP contribution in [0.5, 0.6) is 0 Å². The maximum atomic E-state index is 13.7. The van der Waals surface area contributed by atoms with E-state index >= 15 is 0 Å². The number of hydrogen-bond donors (Lipinski definition) is 1. The highest BCUT2D eigenvalue weighted by atomic mass is 16.6. The van der Waals surface area contributed by atoms with Gasteiger partial charge in [-0.25, -0.2) is 0 Å². The van der Waals surface area contributed by atoms with Gasteiger partial charge in [-0.3, -0.25) is 14.4 Å². The predicted molar refractivity (Wildman–Crippen MR) is 141 cm³/mol. The van der Waals surface area contributed by atoms with E-state index in [4.69, 9.17) is 9.47 Å². The summed E-state index contributed by atoms with van der Waals surface area (Å²) in [6.45, 7) is 13.9. The standard InChI is InChI=1S/C31H48O6/c1-18(9-8-14-29(4,5)37-20(3)33)21-10-11-22-27-23(12-15-30(21,22)6)31(7)16-13-26(36-19(2)32)28(35)24(31)17-25(27)34/h17-18,21-23,26-28,35H,8-16H2,1-7H3/t18-,21-,22+,23+,26+,27+,28-,30-,31-/m1/s1. The molecule has 0 spiro atoms. The molecule has 3 saturated carbocycles. The molecule has 208 valence electrons. The van der Waals surface area contributed by atoms with E-state index in [1.807, 2.05) is 13.8 Å². The number of ether oxygens (including phenoxy) is 2. The zero-order valence-corrected chi connectivity index (χ0v) is 24.0. The minimum Gasteiger partial charge on any atom is -0.460 e. The number of aliphatic hydroxyl groups excluding tert-OH is 1. The number of carbonyl (C=O) groups is 3. The average molecular weight is 517 g/mol. The molecule has 0 heterocycles. The molecule has 1 N–H and O–H groups in total. The maximum Gasteiger partial charge on any atom is 0.303 e. The minimum absolute atomic E-state index is 0.0186. The quantitative estimate of drug-likeness (QED) is 0.431. The third kappa shape index (κ3) is 5.16. The lowest BCUT2D eigenvalue weighted by molar-refractivity contribution is -0.158. The Hall–Kier alpha value is -1.69. The van der Waals surface area contributed by atoms with Crippen molar-refractivity contribution in [3.63, 3.8) is 0 Å². The van der Waals surface area contributed by atoms with Crippen LogP contribution < -0.4 is 0 Å². The molecule has 0 aromatic carbocycles. The Morgan fingerprint density at radius 2 is 1.78 bits per heavy atom. The molecule has 0 unspecified atom stereocenters. The molecule has 0 bridgehead atoms. The van der Waals surface area contributed by atoms with Gasteiger partial charge in [0.1, 0.15) is 17.8 Å². The fourth-order valence-electron chi connectivity index (χ4n) is 9.24. The maximum absolute atomic E-state index is 13.7. The van der Waals surface area contributed by atoms with Crippen molar-refractivity contribution < 1.29 is 29.0 Å². The molecule has 0 aliphatic heterocycles. The molecule has 0 aromatic heterocycles. The van der Waals surface area contributed by atoms with Gasteiger partial charge in [-0.15, -0.1) is 0 Å². The average Bonchev–Trinajstić information content (AvgIpc) is 3.13. The number of fused-ring (bicyclic) bond motifs is 5. The Labute approximate surface area is 222 Å². The van der Waals surface area contributed by atoms with Crippen molar-refractivity contribution in [1.82, 2.24) is 0 Å². The normalized spacial score (nSPS) is 40.1. The molecular formula is C31H48O6. The Kier molecular flexibility index (Phi) is 7.75. The van der Waals surface area contributed by atoms with Crippen LogP contribution in [-0.4, -0.2) is 40.6 Å². The van der Waals surface area contributed by atoms with E-state index in [0.717, 1.165) is 56.9 Å². The third-order valence-corrected chi connectivity index (χ3v) is 10.9. The van der Waals surface area contributed by atoms with E-state index in [9.17, 15) is 19.5 Å². The summed E-state index contributed by atoms with van der Waals surface area (Å²) in [5.41, 5.74) is 0.288. The zero-order valence-electron chi connectivity index (χ0n) is 24.0. The molecule has 0 aromatic rings. The summed E-state index contributed by atoms with van der Waals surface area (Å²) in [5, 5.41) is 11.1. The number of allylic oxidation sites excluding steroid dienone is 1. The number of aliphatic hydroxyl groups is 1. The van der Waals surface area contributed by atoms with E-state index in [2.05, 4.69) is 20.8 Å². The highest BCUT2D eigenvalue weighted by molar-refractivity contribution is 5.95. The lowest BCUT2D eigenvalue weighted by Gasteiger charge is -2.58. The molecule has 3 fully saturated rings. The summed E-state index contributed by atoms with van der Waals surface area (Å²) in [6.07, 6.45) is 9.12. The largest absolute Gasteiger partial charge is 0.460 e. The fourth-order valence-corrected chi connectivity index (χ4v) is 9.24. The van der Waals surface area contributed by atoms with E-state index < -0.39 is 17.8 Å². The molecular weight excluding hydrogens is 468 g/mol. The van der Waals surface area contributed by atoms with Gasteiger partial charge in [0, 0.05) is 19.8 Å². The summed E-state index contributed by atoms with van der Waals surface area (Å²) in [6, 6.07) is 0. The summed E-state index contributed by atoms with van der Waals surface area (Å²) in [4.78, 5) is 36.7. The molecule has 4 aliphatic carbocycles. The van der Waals surface area contributed by atoms with Gasteiger partial charge in [-0.05, 0) is 111 Å². The molecule has 37 heavy (non-hydrogen) atoms. The van der Waals surface area contributed by atoms with Crippen molar-refractivity contribution in [1.29, 1.82) is 0 Å². The highest BCUT2D eigenvalue weighted by Gasteiger charge is 2.62. The van der Waals surface area contributed by atoms with Crippen LogP contribution in [0.15, 0.2) is 11.6 Å². The van der Waals surface area contributed by atoms with Crippen LogP contribution in [-0.2, 0) is 23.9 Å². The van der Waals surface area contributed by atoms with Crippen LogP contribution in [0.25, 0.3) is 0 Å². The van der Waals surface area contributed by atoms with Crippen molar-refractivity contribution in [3.8, 4) is 0 Å². The van der Waals surface area contributed by atoms with Crippen LogP contribution >= 0.6 is 0 Å². The molecule has 0 amide bonds. The summed E-state index contributed by atoms with van der Waals surface area (Å²) < 4.78 is 10.9. The Bertz CT molecular complexity index is 951. The van der Waals surface area contributed by atoms with Crippen LogP contribution in [0.2, 0.25) is 0 Å². The SMILES string of the molecule is CC(=O)O[C@H]1CC[C@@]2(C)C(=CC(=O)[C@H]3[C@@H]4CC[C@H]([C@H](C)CCCC(C)(C)OC(C)=O)[C@@]4(C)CC[C@@H]32)[C@H]1O. The van der Waals surface area contributed by atoms with Crippen molar-refractivity contribution >= 4 is 17.7 Å². The molecule has 0 radical (unpaired) electrons. The summed E-state index contributed by atoms with van der Waals surface area (Å²) >= 11 is 0. The van der Waals surface area contributed by atoms with Crippen LogP contribution in [0.3, 0.4) is 0 Å². The van der Waals surface area contributed by atoms with Crippen molar-refractivity contribution in [2.45, 2.75) is 124 Å². The lowest BCUT2D eigenvalue weighted by Crippen LogP contribution is -2.56. The Morgan fingerprint density at radius 3 is 2.43 bits per heavy atom. The van der Waals surface area contributed by atoms with Gasteiger partial charge in [-0.1, -0.05) is 27.2 Å². The molecule has 4 rings (SSSR count). The first-order chi connectivity index (χ1) is 17.2. The number of esters is 2. The highest BCUT2D eigenvalue weighted by Crippen LogP contribution is 2.66. The van der Waals surface area contributed by atoms with Crippen LogP contribution in [0.4, 0.5) is 0 Å². The van der Waals surface area contributed by atoms with E-state index in [-0.39, 0.29) is 40.4 Å². The van der Waals surface area contributed by atoms with E-state index in [1.165, 1.54) is 13.8 Å². The van der Waals surface area contributed by atoms with E-state index in [0.29, 0.717) is 24.2 Å². The first-order valence-corrected chi connectivity index (χ1v) is 14.5. The number of rotatable bonds is 7. The first-order valence-electron chi connectivity index (χ1n) is 14.5. The van der Waals surface area contributed by atoms with Gasteiger partial charge in [0.05, 0.1) is 0 Å². The predicted octanol–water partition coefficient (Wildman–Crippen LogP) is 5.80. The van der Waals surface area contributed by atoms with Gasteiger partial charge >= 0.3 is 11.9 Å². The van der Waals surface area contributed by atoms with Gasteiger partial charge in [-0.2, -0.15) is 0 Å². The second kappa shape index (κ2) is 10.1. The summed E-state index contributed by atoms with van der Waals surface area (Å²) in [7, 11) is 0. The van der Waals surface area contributed by atoms with Gasteiger partial charge in [0.15, 0.2) is 5.78 Å². The minimum atomic E-state index is -0.895. The smallest absolute Gasteiger partial charge is 0.303 e. The molecule has 6 heteroatoms. The first kappa shape index (κ1) is 28.3. The molecule has 9 atom stereocenters. The van der Waals surface area contributed by atoms with Crippen molar-refractivity contribution in [2.75, 3.05) is 0 Å². The fraction of sp³-hybridized carbons (Fsp3) is 0.839. The Morgan fingerprint density at radius 1 is 1.08 bits per heavy atom. The topological polar surface area (TPSA) is 89.9 Å². The van der Waals surface area contributed by atoms with Crippen LogP contribution in [0, 0.1) is 40.4 Å². The number of carbonyl (C=O) groups excluding carboxylic acids is 3. The third-order valence-electron chi connectivity index (χ3n) is 10.9. The molecule has 6 nitrogen and oxygen atoms in total. The second-order valence-electron chi connectivity index (χ2n) is 13.7. The number of hydrogen-bond acceptors (Lipinski definition) is 6. The molecule has 4 aliphatic rings. The summed E-state index contributed by atoms with van der Waals surface area (Å²) in [5.74, 6) is 1.34. The Balaban J connectivity index is 1.48. The van der Waals surface area contributed by atoms with Crippen LogP contribution in [0.1, 0.15) is 106 Å². The van der Waals surface area contributed by atoms with Gasteiger partial charge < -0.3 is 14.6 Å². The molecule has 0 saturated heterocycles. The monoisotopic (exact) mass is 516 g/mol. The lowest BCUT2D eigenvalue weighted by atomic mass is 9.46. The van der Waals surface area contributed by atoms with Gasteiger partial charge in [0.2, 0.25) is 0 Å².